The lowest BCUT2D eigenvalue weighted by atomic mass is 10.1. The second-order valence-electron chi connectivity index (χ2n) is 3.95. The van der Waals surface area contributed by atoms with Crippen molar-refractivity contribution in [3.63, 3.8) is 0 Å². The standard InChI is InChI=1S/C10H17N5O/c1-7-8(3-4-16-7)15(2)10-6-12-5-9(13-10)14-11/h5-8H,3-4,11H2,1-2H3,(H,13,14). The summed E-state index contributed by atoms with van der Waals surface area (Å²) >= 11 is 0. The number of hydrogen-bond donors (Lipinski definition) is 2. The van der Waals surface area contributed by atoms with E-state index in [-0.39, 0.29) is 6.10 Å². The molecule has 16 heavy (non-hydrogen) atoms. The normalized spacial score (nSPS) is 24.4. The average Bonchev–Trinajstić information content (AvgIpc) is 2.74. The first-order chi connectivity index (χ1) is 7.72. The Labute approximate surface area is 94.8 Å². The molecule has 2 rings (SSSR count). The Morgan fingerprint density at radius 1 is 1.56 bits per heavy atom. The minimum absolute atomic E-state index is 0.223. The van der Waals surface area contributed by atoms with Gasteiger partial charge in [-0.2, -0.15) is 0 Å². The number of nitrogens with two attached hydrogens (primary N) is 1. The van der Waals surface area contributed by atoms with Crippen LogP contribution in [0.15, 0.2) is 12.4 Å². The van der Waals surface area contributed by atoms with E-state index in [2.05, 4.69) is 27.2 Å². The molecule has 6 nitrogen and oxygen atoms in total. The van der Waals surface area contributed by atoms with Crippen molar-refractivity contribution in [2.24, 2.45) is 5.84 Å². The lowest BCUT2D eigenvalue weighted by Crippen LogP contribution is -2.37. The minimum atomic E-state index is 0.223. The Kier molecular flexibility index (Phi) is 3.21. The maximum absolute atomic E-state index is 5.53. The van der Waals surface area contributed by atoms with Crippen LogP contribution >= 0.6 is 0 Å². The summed E-state index contributed by atoms with van der Waals surface area (Å²) in [5, 5.41) is 0. The molecule has 0 aliphatic carbocycles. The van der Waals surface area contributed by atoms with Crippen LogP contribution in [0.3, 0.4) is 0 Å². The van der Waals surface area contributed by atoms with E-state index in [1.54, 1.807) is 12.4 Å². The van der Waals surface area contributed by atoms with E-state index in [1.807, 2.05) is 7.05 Å². The monoisotopic (exact) mass is 223 g/mol. The second-order valence-corrected chi connectivity index (χ2v) is 3.95. The molecule has 0 saturated carbocycles. The third-order valence-electron chi connectivity index (χ3n) is 2.96. The van der Waals surface area contributed by atoms with Crippen molar-refractivity contribution in [2.75, 3.05) is 24.0 Å². The van der Waals surface area contributed by atoms with Gasteiger partial charge in [-0.25, -0.2) is 10.8 Å². The summed E-state index contributed by atoms with van der Waals surface area (Å²) in [6, 6.07) is 0.349. The van der Waals surface area contributed by atoms with Crippen LogP contribution in [0.5, 0.6) is 0 Å². The summed E-state index contributed by atoms with van der Waals surface area (Å²) in [6.07, 6.45) is 4.55. The summed E-state index contributed by atoms with van der Waals surface area (Å²) in [7, 11) is 2.00. The van der Waals surface area contributed by atoms with Crippen LogP contribution in [0.4, 0.5) is 11.6 Å². The van der Waals surface area contributed by atoms with Crippen molar-refractivity contribution in [1.82, 2.24) is 9.97 Å². The molecule has 1 saturated heterocycles. The number of hydrazine groups is 1. The molecular weight excluding hydrogens is 206 g/mol. The van der Waals surface area contributed by atoms with Crippen molar-refractivity contribution >= 4 is 11.6 Å². The first-order valence-electron chi connectivity index (χ1n) is 5.35. The van der Waals surface area contributed by atoms with Gasteiger partial charge in [-0.1, -0.05) is 0 Å². The molecule has 0 bridgehead atoms. The average molecular weight is 223 g/mol. The number of nitrogen functional groups attached to an aromatic ring is 1. The molecule has 0 spiro atoms. The van der Waals surface area contributed by atoms with Crippen LogP contribution in [-0.2, 0) is 4.74 Å². The summed E-state index contributed by atoms with van der Waals surface area (Å²) in [4.78, 5) is 10.5. The highest BCUT2D eigenvalue weighted by Gasteiger charge is 2.28. The van der Waals surface area contributed by atoms with E-state index >= 15 is 0 Å². The molecule has 0 aromatic carbocycles. The second kappa shape index (κ2) is 4.63. The Bertz CT molecular complexity index is 359. The highest BCUT2D eigenvalue weighted by Crippen LogP contribution is 2.22. The predicted octanol–water partition coefficient (Wildman–Crippen LogP) is 0.376. The zero-order chi connectivity index (χ0) is 11.5. The maximum atomic E-state index is 5.53. The molecule has 2 heterocycles. The molecule has 3 N–H and O–H groups in total. The van der Waals surface area contributed by atoms with Gasteiger partial charge in [0.05, 0.1) is 24.5 Å². The number of hydrogen-bond acceptors (Lipinski definition) is 6. The third-order valence-corrected chi connectivity index (χ3v) is 2.96. The van der Waals surface area contributed by atoms with Crippen molar-refractivity contribution in [2.45, 2.75) is 25.5 Å². The molecule has 1 aromatic rings. The lowest BCUT2D eigenvalue weighted by molar-refractivity contribution is 0.118. The zero-order valence-electron chi connectivity index (χ0n) is 9.55. The first kappa shape index (κ1) is 11.1. The van der Waals surface area contributed by atoms with Gasteiger partial charge in [0.1, 0.15) is 5.82 Å². The van der Waals surface area contributed by atoms with Gasteiger partial charge in [-0.05, 0) is 13.3 Å². The lowest BCUT2D eigenvalue weighted by Gasteiger charge is -2.27. The molecule has 0 radical (unpaired) electrons. The van der Waals surface area contributed by atoms with E-state index in [1.165, 1.54) is 0 Å². The SMILES string of the molecule is CC1OCCC1N(C)c1cncc(NN)n1. The quantitative estimate of drug-likeness (QED) is 0.570. The van der Waals surface area contributed by atoms with E-state index < -0.39 is 0 Å². The molecule has 1 fully saturated rings. The molecule has 2 atom stereocenters. The number of nitrogens with zero attached hydrogens (tertiary/aromatic N) is 3. The smallest absolute Gasteiger partial charge is 0.160 e. The van der Waals surface area contributed by atoms with Crippen molar-refractivity contribution in [3.8, 4) is 0 Å². The van der Waals surface area contributed by atoms with Gasteiger partial charge in [0.15, 0.2) is 5.82 Å². The van der Waals surface area contributed by atoms with Crippen LogP contribution in [0, 0.1) is 0 Å². The summed E-state index contributed by atoms with van der Waals surface area (Å²) in [5.41, 5.74) is 2.49. The molecule has 0 amide bonds. The topological polar surface area (TPSA) is 76.3 Å². The van der Waals surface area contributed by atoms with Crippen molar-refractivity contribution in [3.05, 3.63) is 12.4 Å². The number of anilines is 2. The number of aromatic nitrogens is 2. The predicted molar refractivity (Wildman–Crippen MR) is 62.1 cm³/mol. The maximum Gasteiger partial charge on any atom is 0.160 e. The number of likely N-dealkylation sites (N-methyl/N-ethyl adjacent to an activating group) is 1. The van der Waals surface area contributed by atoms with Crippen LogP contribution in [0.2, 0.25) is 0 Å². The zero-order valence-corrected chi connectivity index (χ0v) is 9.55. The highest BCUT2D eigenvalue weighted by atomic mass is 16.5. The molecule has 2 unspecified atom stereocenters. The van der Waals surface area contributed by atoms with Gasteiger partial charge in [0.2, 0.25) is 0 Å². The summed E-state index contributed by atoms with van der Waals surface area (Å²) < 4.78 is 5.53. The van der Waals surface area contributed by atoms with Crippen LogP contribution in [-0.4, -0.2) is 35.8 Å². The largest absolute Gasteiger partial charge is 0.376 e. The van der Waals surface area contributed by atoms with Gasteiger partial charge in [0.25, 0.3) is 0 Å². The molecular formula is C10H17N5O. The Morgan fingerprint density at radius 3 is 3.00 bits per heavy atom. The van der Waals surface area contributed by atoms with E-state index in [0.717, 1.165) is 18.8 Å². The van der Waals surface area contributed by atoms with Gasteiger partial charge < -0.3 is 15.1 Å². The number of ether oxygens (including phenoxy) is 1. The Balaban J connectivity index is 2.16. The number of rotatable bonds is 3. The fourth-order valence-electron chi connectivity index (χ4n) is 1.99. The van der Waals surface area contributed by atoms with Crippen molar-refractivity contribution in [1.29, 1.82) is 0 Å². The molecule has 1 aromatic heterocycles. The molecule has 88 valence electrons. The Morgan fingerprint density at radius 2 is 2.38 bits per heavy atom. The van der Waals surface area contributed by atoms with E-state index in [0.29, 0.717) is 11.9 Å². The summed E-state index contributed by atoms with van der Waals surface area (Å²) in [6.45, 7) is 2.88. The fraction of sp³-hybridized carbons (Fsp3) is 0.600. The van der Waals surface area contributed by atoms with Gasteiger partial charge in [0, 0.05) is 13.7 Å². The molecule has 1 aliphatic heterocycles. The van der Waals surface area contributed by atoms with Gasteiger partial charge in [-0.3, -0.25) is 4.98 Å². The first-order valence-corrected chi connectivity index (χ1v) is 5.35. The van der Waals surface area contributed by atoms with Gasteiger partial charge >= 0.3 is 0 Å². The van der Waals surface area contributed by atoms with Gasteiger partial charge in [-0.15, -0.1) is 0 Å². The minimum Gasteiger partial charge on any atom is -0.376 e. The van der Waals surface area contributed by atoms with Crippen LogP contribution in [0.1, 0.15) is 13.3 Å². The van der Waals surface area contributed by atoms with Crippen LogP contribution < -0.4 is 16.2 Å². The highest BCUT2D eigenvalue weighted by molar-refractivity contribution is 5.43. The summed E-state index contributed by atoms with van der Waals surface area (Å²) in [5.74, 6) is 6.67. The van der Waals surface area contributed by atoms with E-state index in [4.69, 9.17) is 10.6 Å². The molecule has 6 heteroatoms. The third kappa shape index (κ3) is 2.07. The van der Waals surface area contributed by atoms with E-state index in [9.17, 15) is 0 Å². The van der Waals surface area contributed by atoms with Crippen LogP contribution in [0.25, 0.3) is 0 Å². The Hall–Kier alpha value is -1.40. The fourth-order valence-corrected chi connectivity index (χ4v) is 1.99. The van der Waals surface area contributed by atoms with Crippen molar-refractivity contribution < 1.29 is 4.74 Å². The molecule has 1 aliphatic rings. The number of nitrogens with one attached hydrogen (secondary N) is 1.